The van der Waals surface area contributed by atoms with Crippen LogP contribution < -0.4 is 10.6 Å². The molecule has 2 N–H and O–H groups in total. The quantitative estimate of drug-likeness (QED) is 0.867. The van der Waals surface area contributed by atoms with Gasteiger partial charge in [-0.1, -0.05) is 18.2 Å². The minimum Gasteiger partial charge on any atom is -0.351 e. The van der Waals surface area contributed by atoms with E-state index in [2.05, 4.69) is 22.8 Å². The molecule has 5 heteroatoms. The fourth-order valence-corrected chi connectivity index (χ4v) is 3.60. The van der Waals surface area contributed by atoms with Gasteiger partial charge in [0.15, 0.2) is 0 Å². The Morgan fingerprint density at radius 3 is 2.94 bits per heavy atom. The van der Waals surface area contributed by atoms with Crippen molar-refractivity contribution in [3.63, 3.8) is 0 Å². The van der Waals surface area contributed by atoms with Gasteiger partial charge in [0.1, 0.15) is 0 Å². The second-order valence-corrected chi connectivity index (χ2v) is 5.86. The molecule has 1 amide bonds. The van der Waals surface area contributed by atoms with E-state index in [4.69, 9.17) is 0 Å². The lowest BCUT2D eigenvalue weighted by Crippen LogP contribution is -2.41. The molecule has 0 radical (unpaired) electrons. The van der Waals surface area contributed by atoms with Gasteiger partial charge in [0.05, 0.1) is 5.25 Å². The molecule has 0 saturated carbocycles. The van der Waals surface area contributed by atoms with Crippen LogP contribution in [0.2, 0.25) is 0 Å². The minimum atomic E-state index is 0. The molecule has 2 aliphatic rings. The maximum atomic E-state index is 12.1. The summed E-state index contributed by atoms with van der Waals surface area (Å²) in [5.41, 5.74) is 1.31. The Labute approximate surface area is 118 Å². The number of halogens is 1. The molecule has 1 fully saturated rings. The van der Waals surface area contributed by atoms with E-state index in [1.165, 1.54) is 10.5 Å². The van der Waals surface area contributed by atoms with Gasteiger partial charge in [0.25, 0.3) is 0 Å². The van der Waals surface area contributed by atoms with Crippen LogP contribution >= 0.6 is 24.2 Å². The largest absolute Gasteiger partial charge is 0.351 e. The number of carbonyl (C=O) groups excluding carboxylic acids is 1. The van der Waals surface area contributed by atoms with E-state index < -0.39 is 0 Å². The first-order valence-electron chi connectivity index (χ1n) is 6.08. The number of nitrogens with one attached hydrogen (secondary N) is 2. The van der Waals surface area contributed by atoms with Crippen LogP contribution in [0.4, 0.5) is 0 Å². The van der Waals surface area contributed by atoms with E-state index in [-0.39, 0.29) is 23.6 Å². The first-order valence-corrected chi connectivity index (χ1v) is 6.96. The highest BCUT2D eigenvalue weighted by atomic mass is 35.5. The van der Waals surface area contributed by atoms with Crippen molar-refractivity contribution in [3.8, 4) is 0 Å². The van der Waals surface area contributed by atoms with Crippen LogP contribution in [0.15, 0.2) is 29.2 Å². The number of thioether (sulfide) groups is 1. The van der Waals surface area contributed by atoms with Crippen molar-refractivity contribution in [2.75, 3.05) is 13.1 Å². The highest BCUT2D eigenvalue weighted by molar-refractivity contribution is 8.01. The summed E-state index contributed by atoms with van der Waals surface area (Å²) in [5.74, 6) is 0.194. The van der Waals surface area contributed by atoms with Crippen molar-refractivity contribution in [3.05, 3.63) is 29.8 Å². The van der Waals surface area contributed by atoms with Crippen molar-refractivity contribution >= 4 is 30.1 Å². The molecular weight excluding hydrogens is 268 g/mol. The highest BCUT2D eigenvalue weighted by Gasteiger charge is 2.29. The summed E-state index contributed by atoms with van der Waals surface area (Å²) >= 11 is 1.70. The van der Waals surface area contributed by atoms with E-state index >= 15 is 0 Å². The Bertz CT molecular complexity index is 410. The standard InChI is InChI=1S/C13H16N2OS.ClH/c16-13(15-10-5-6-14-8-10)12-7-9-3-1-2-4-11(9)17-12;/h1-4,10,12,14H,5-8H2,(H,15,16);1H. The van der Waals surface area contributed by atoms with Crippen LogP contribution in [0.1, 0.15) is 12.0 Å². The lowest BCUT2D eigenvalue weighted by atomic mass is 10.1. The molecule has 2 atom stereocenters. The fourth-order valence-electron chi connectivity index (χ4n) is 2.40. The molecule has 3 rings (SSSR count). The third-order valence-electron chi connectivity index (χ3n) is 3.35. The average molecular weight is 285 g/mol. The molecule has 1 aromatic carbocycles. The highest BCUT2D eigenvalue weighted by Crippen LogP contribution is 2.36. The normalized spacial score (nSPS) is 25.3. The monoisotopic (exact) mass is 284 g/mol. The number of fused-ring (bicyclic) bond motifs is 1. The van der Waals surface area contributed by atoms with E-state index in [9.17, 15) is 4.79 Å². The molecule has 0 aromatic heterocycles. The van der Waals surface area contributed by atoms with E-state index in [1.54, 1.807) is 11.8 Å². The number of hydrogen-bond acceptors (Lipinski definition) is 3. The van der Waals surface area contributed by atoms with Crippen LogP contribution in [-0.4, -0.2) is 30.3 Å². The molecule has 0 aliphatic carbocycles. The number of rotatable bonds is 2. The SMILES string of the molecule is Cl.O=C(NC1CCNC1)C1Cc2ccccc2S1. The minimum absolute atomic E-state index is 0. The molecule has 0 spiro atoms. The zero-order chi connectivity index (χ0) is 11.7. The second kappa shape index (κ2) is 5.95. The van der Waals surface area contributed by atoms with E-state index in [0.717, 1.165) is 25.9 Å². The third-order valence-corrected chi connectivity index (χ3v) is 4.66. The topological polar surface area (TPSA) is 41.1 Å². The summed E-state index contributed by atoms with van der Waals surface area (Å²) < 4.78 is 0. The van der Waals surface area contributed by atoms with Crippen LogP contribution in [0.25, 0.3) is 0 Å². The molecule has 2 heterocycles. The Morgan fingerprint density at radius 1 is 1.39 bits per heavy atom. The Hall–Kier alpha value is -0.710. The fraction of sp³-hybridized carbons (Fsp3) is 0.462. The molecule has 2 unspecified atom stereocenters. The zero-order valence-corrected chi connectivity index (χ0v) is 11.7. The summed E-state index contributed by atoms with van der Waals surface area (Å²) in [6, 6.07) is 8.62. The van der Waals surface area contributed by atoms with E-state index in [0.29, 0.717) is 6.04 Å². The Balaban J connectivity index is 0.00000120. The Morgan fingerprint density at radius 2 is 2.22 bits per heavy atom. The van der Waals surface area contributed by atoms with Gasteiger partial charge in [-0.2, -0.15) is 0 Å². The van der Waals surface area contributed by atoms with Gasteiger partial charge >= 0.3 is 0 Å². The predicted octanol–water partition coefficient (Wildman–Crippen LogP) is 1.60. The van der Waals surface area contributed by atoms with Gasteiger partial charge in [0, 0.05) is 17.5 Å². The predicted molar refractivity (Wildman–Crippen MR) is 76.5 cm³/mol. The maximum absolute atomic E-state index is 12.1. The molecule has 98 valence electrons. The average Bonchev–Trinajstić information content (AvgIpc) is 2.96. The van der Waals surface area contributed by atoms with Gasteiger partial charge in [-0.15, -0.1) is 24.2 Å². The van der Waals surface area contributed by atoms with Crippen molar-refractivity contribution in [2.24, 2.45) is 0 Å². The van der Waals surface area contributed by atoms with Crippen LogP contribution in [-0.2, 0) is 11.2 Å². The molecule has 1 saturated heterocycles. The van der Waals surface area contributed by atoms with Crippen LogP contribution in [0.3, 0.4) is 0 Å². The summed E-state index contributed by atoms with van der Waals surface area (Å²) in [6.45, 7) is 1.93. The zero-order valence-electron chi connectivity index (χ0n) is 10.0. The summed E-state index contributed by atoms with van der Waals surface area (Å²) in [6.07, 6.45) is 1.92. The van der Waals surface area contributed by atoms with Crippen molar-refractivity contribution in [1.29, 1.82) is 0 Å². The van der Waals surface area contributed by atoms with Gasteiger partial charge < -0.3 is 10.6 Å². The first-order chi connectivity index (χ1) is 8.33. The van der Waals surface area contributed by atoms with Crippen molar-refractivity contribution < 1.29 is 4.79 Å². The number of benzene rings is 1. The third kappa shape index (κ3) is 2.82. The summed E-state index contributed by atoms with van der Waals surface area (Å²) in [7, 11) is 0. The van der Waals surface area contributed by atoms with Crippen LogP contribution in [0, 0.1) is 0 Å². The molecule has 0 bridgehead atoms. The number of amides is 1. The number of carbonyl (C=O) groups is 1. The lowest BCUT2D eigenvalue weighted by Gasteiger charge is -2.14. The van der Waals surface area contributed by atoms with Crippen molar-refractivity contribution in [1.82, 2.24) is 10.6 Å². The van der Waals surface area contributed by atoms with E-state index in [1.807, 2.05) is 12.1 Å². The maximum Gasteiger partial charge on any atom is 0.234 e. The van der Waals surface area contributed by atoms with Gasteiger partial charge in [0.2, 0.25) is 5.91 Å². The smallest absolute Gasteiger partial charge is 0.234 e. The lowest BCUT2D eigenvalue weighted by molar-refractivity contribution is -0.121. The molecule has 18 heavy (non-hydrogen) atoms. The molecule has 3 nitrogen and oxygen atoms in total. The van der Waals surface area contributed by atoms with Gasteiger partial charge in [-0.3, -0.25) is 4.79 Å². The second-order valence-electron chi connectivity index (χ2n) is 4.62. The van der Waals surface area contributed by atoms with Gasteiger partial charge in [-0.05, 0) is 31.0 Å². The first kappa shape index (κ1) is 13.7. The molecule has 2 aliphatic heterocycles. The molecular formula is C13H17ClN2OS. The van der Waals surface area contributed by atoms with Gasteiger partial charge in [-0.25, -0.2) is 0 Å². The Kier molecular flexibility index (Phi) is 4.54. The summed E-state index contributed by atoms with van der Waals surface area (Å²) in [5, 5.41) is 6.46. The van der Waals surface area contributed by atoms with Crippen LogP contribution in [0.5, 0.6) is 0 Å². The number of hydrogen-bond donors (Lipinski definition) is 2. The summed E-state index contributed by atoms with van der Waals surface area (Å²) in [4.78, 5) is 13.4. The molecule has 1 aromatic rings. The van der Waals surface area contributed by atoms with Crippen molar-refractivity contribution in [2.45, 2.75) is 29.0 Å².